The first-order valence-corrected chi connectivity index (χ1v) is 10.4. The van der Waals surface area contributed by atoms with Gasteiger partial charge >= 0.3 is 5.97 Å². The van der Waals surface area contributed by atoms with Gasteiger partial charge < -0.3 is 4.74 Å². The number of benzene rings is 2. The SMILES string of the molecule is CCOC(=O)[C@@H]1ON(c2ccccc2)[C@@H]2[C@H]1CC[C@@H]2[C@H](C[N+](=O)[O-])c1ccccc1. The standard InChI is InChI=1S/C23H26N2O5/c1-2-29-23(26)22-19-14-13-18(20(15-24(27)28)16-9-5-3-6-10-16)21(19)25(30-22)17-11-7-4-8-12-17/h3-12,18-22H,2,13-15H2,1H3/t18-,19-,20-,21+,22-/m1/s1. The van der Waals surface area contributed by atoms with Gasteiger partial charge in [0, 0.05) is 10.8 Å². The first kappa shape index (κ1) is 20.3. The summed E-state index contributed by atoms with van der Waals surface area (Å²) in [5.74, 6) is -0.696. The molecule has 7 nitrogen and oxygen atoms in total. The average Bonchev–Trinajstić information content (AvgIpc) is 3.34. The lowest BCUT2D eigenvalue weighted by atomic mass is 9.80. The van der Waals surface area contributed by atoms with Gasteiger partial charge in [-0.15, -0.1) is 0 Å². The van der Waals surface area contributed by atoms with Crippen LogP contribution in [0.2, 0.25) is 0 Å². The van der Waals surface area contributed by atoms with Crippen LogP contribution in [0, 0.1) is 22.0 Å². The Morgan fingerprint density at radius 2 is 1.83 bits per heavy atom. The Morgan fingerprint density at radius 1 is 1.17 bits per heavy atom. The number of rotatable bonds is 7. The molecule has 1 saturated heterocycles. The zero-order valence-electron chi connectivity index (χ0n) is 16.9. The summed E-state index contributed by atoms with van der Waals surface area (Å²) in [6, 6.07) is 19.1. The molecule has 2 fully saturated rings. The number of para-hydroxylation sites is 1. The minimum Gasteiger partial charge on any atom is -0.464 e. The highest BCUT2D eigenvalue weighted by Crippen LogP contribution is 2.50. The van der Waals surface area contributed by atoms with E-state index in [1.54, 1.807) is 12.0 Å². The third kappa shape index (κ3) is 3.89. The molecule has 7 heteroatoms. The van der Waals surface area contributed by atoms with Crippen molar-refractivity contribution in [1.29, 1.82) is 0 Å². The summed E-state index contributed by atoms with van der Waals surface area (Å²) in [7, 11) is 0. The summed E-state index contributed by atoms with van der Waals surface area (Å²) >= 11 is 0. The van der Waals surface area contributed by atoms with Crippen LogP contribution in [-0.2, 0) is 14.4 Å². The quantitative estimate of drug-likeness (QED) is 0.392. The Balaban J connectivity index is 1.71. The first-order valence-electron chi connectivity index (χ1n) is 10.4. The molecule has 0 spiro atoms. The molecule has 0 aromatic heterocycles. The second kappa shape index (κ2) is 8.83. The second-order valence-electron chi connectivity index (χ2n) is 7.87. The van der Waals surface area contributed by atoms with Crippen molar-refractivity contribution in [2.45, 2.75) is 37.8 Å². The zero-order valence-corrected chi connectivity index (χ0v) is 16.9. The van der Waals surface area contributed by atoms with E-state index in [9.17, 15) is 14.9 Å². The minimum atomic E-state index is -0.688. The van der Waals surface area contributed by atoms with Crippen LogP contribution in [0.4, 0.5) is 5.69 Å². The zero-order chi connectivity index (χ0) is 21.1. The Morgan fingerprint density at radius 3 is 2.47 bits per heavy atom. The van der Waals surface area contributed by atoms with E-state index in [0.29, 0.717) is 6.61 Å². The van der Waals surface area contributed by atoms with Crippen molar-refractivity contribution in [3.8, 4) is 0 Å². The number of ether oxygens (including phenoxy) is 1. The fourth-order valence-electron chi connectivity index (χ4n) is 5.03. The molecule has 2 aromatic carbocycles. The molecule has 1 heterocycles. The van der Waals surface area contributed by atoms with Gasteiger partial charge in [-0.3, -0.25) is 15.0 Å². The summed E-state index contributed by atoms with van der Waals surface area (Å²) in [4.78, 5) is 30.0. The van der Waals surface area contributed by atoms with E-state index in [2.05, 4.69) is 0 Å². The van der Waals surface area contributed by atoms with Gasteiger partial charge in [0.05, 0.1) is 24.3 Å². The number of hydroxylamine groups is 1. The van der Waals surface area contributed by atoms with Crippen LogP contribution in [0.1, 0.15) is 31.2 Å². The molecule has 0 bridgehead atoms. The molecule has 5 atom stereocenters. The Hall–Kier alpha value is -2.93. The molecule has 2 aliphatic rings. The minimum absolute atomic E-state index is 0.0116. The van der Waals surface area contributed by atoms with Crippen LogP contribution in [0.3, 0.4) is 0 Å². The normalized spacial score (nSPS) is 26.2. The maximum absolute atomic E-state index is 12.6. The lowest BCUT2D eigenvalue weighted by molar-refractivity contribution is -0.485. The molecule has 158 valence electrons. The topological polar surface area (TPSA) is 81.9 Å². The highest BCUT2D eigenvalue weighted by molar-refractivity contribution is 5.76. The van der Waals surface area contributed by atoms with Crippen LogP contribution in [0.5, 0.6) is 0 Å². The van der Waals surface area contributed by atoms with E-state index in [4.69, 9.17) is 9.57 Å². The molecular formula is C23H26N2O5. The lowest BCUT2D eigenvalue weighted by Gasteiger charge is -2.32. The van der Waals surface area contributed by atoms with Gasteiger partial charge in [0.15, 0.2) is 6.10 Å². The summed E-state index contributed by atoms with van der Waals surface area (Å²) in [6.45, 7) is 1.92. The second-order valence-corrected chi connectivity index (χ2v) is 7.87. The van der Waals surface area contributed by atoms with Gasteiger partial charge in [-0.1, -0.05) is 48.5 Å². The predicted molar refractivity (Wildman–Crippen MR) is 111 cm³/mol. The van der Waals surface area contributed by atoms with Gasteiger partial charge in [0.25, 0.3) is 0 Å². The van der Waals surface area contributed by atoms with Gasteiger partial charge in [-0.25, -0.2) is 9.86 Å². The van der Waals surface area contributed by atoms with Crippen molar-refractivity contribution in [3.63, 3.8) is 0 Å². The molecule has 30 heavy (non-hydrogen) atoms. The van der Waals surface area contributed by atoms with E-state index in [1.165, 1.54) is 0 Å². The highest BCUT2D eigenvalue weighted by atomic mass is 16.7. The number of carbonyl (C=O) groups is 1. The number of nitro groups is 1. The predicted octanol–water partition coefficient (Wildman–Crippen LogP) is 3.83. The summed E-state index contributed by atoms with van der Waals surface area (Å²) < 4.78 is 5.26. The smallest absolute Gasteiger partial charge is 0.338 e. The molecule has 0 amide bonds. The van der Waals surface area contributed by atoms with Gasteiger partial charge in [-0.05, 0) is 43.4 Å². The molecule has 1 aliphatic carbocycles. The molecule has 0 radical (unpaired) electrons. The van der Waals surface area contributed by atoms with Crippen molar-refractivity contribution in [2.75, 3.05) is 18.2 Å². The van der Waals surface area contributed by atoms with Crippen molar-refractivity contribution in [3.05, 3.63) is 76.3 Å². The maximum atomic E-state index is 12.6. The number of nitrogens with zero attached hydrogens (tertiary/aromatic N) is 2. The molecule has 0 unspecified atom stereocenters. The van der Waals surface area contributed by atoms with Crippen molar-refractivity contribution < 1.29 is 19.3 Å². The lowest BCUT2D eigenvalue weighted by Crippen LogP contribution is -2.39. The first-order chi connectivity index (χ1) is 14.6. The van der Waals surface area contributed by atoms with Crippen molar-refractivity contribution in [2.24, 2.45) is 11.8 Å². The van der Waals surface area contributed by atoms with Crippen LogP contribution in [0.15, 0.2) is 60.7 Å². The molecule has 1 saturated carbocycles. The number of anilines is 1. The number of fused-ring (bicyclic) bond motifs is 1. The molecule has 4 rings (SSSR count). The molecule has 0 N–H and O–H groups in total. The Kier molecular flexibility index (Phi) is 5.99. The summed E-state index contributed by atoms with van der Waals surface area (Å²) in [6.07, 6.45) is 0.876. The van der Waals surface area contributed by atoms with Gasteiger partial charge in [-0.2, -0.15) is 0 Å². The van der Waals surface area contributed by atoms with E-state index in [1.807, 2.05) is 60.7 Å². The van der Waals surface area contributed by atoms with Crippen LogP contribution in [-0.4, -0.2) is 36.2 Å². The highest BCUT2D eigenvalue weighted by Gasteiger charge is 2.56. The van der Waals surface area contributed by atoms with Gasteiger partial charge in [0.1, 0.15) is 0 Å². The van der Waals surface area contributed by atoms with Crippen LogP contribution in [0.25, 0.3) is 0 Å². The fourth-order valence-corrected chi connectivity index (χ4v) is 5.03. The van der Waals surface area contributed by atoms with Crippen LogP contribution < -0.4 is 5.06 Å². The Labute approximate surface area is 175 Å². The van der Waals surface area contributed by atoms with Crippen molar-refractivity contribution in [1.82, 2.24) is 0 Å². The summed E-state index contributed by atoms with van der Waals surface area (Å²) in [5, 5.41) is 13.3. The third-order valence-electron chi connectivity index (χ3n) is 6.22. The average molecular weight is 410 g/mol. The number of esters is 1. The number of carbonyl (C=O) groups excluding carboxylic acids is 1. The fraction of sp³-hybridized carbons (Fsp3) is 0.435. The van der Waals surface area contributed by atoms with E-state index in [0.717, 1.165) is 24.1 Å². The van der Waals surface area contributed by atoms with E-state index < -0.39 is 6.10 Å². The van der Waals surface area contributed by atoms with Crippen molar-refractivity contribution >= 4 is 11.7 Å². The maximum Gasteiger partial charge on any atom is 0.338 e. The van der Waals surface area contributed by atoms with Crippen LogP contribution >= 0.6 is 0 Å². The molecule has 1 aliphatic heterocycles. The Bertz CT molecular complexity index is 876. The van der Waals surface area contributed by atoms with Gasteiger partial charge in [0.2, 0.25) is 6.54 Å². The largest absolute Gasteiger partial charge is 0.464 e. The van der Waals surface area contributed by atoms with E-state index >= 15 is 0 Å². The monoisotopic (exact) mass is 410 g/mol. The number of hydrogen-bond acceptors (Lipinski definition) is 6. The molecule has 2 aromatic rings. The molecular weight excluding hydrogens is 384 g/mol. The number of hydrogen-bond donors (Lipinski definition) is 0. The van der Waals surface area contributed by atoms with E-state index in [-0.39, 0.29) is 41.2 Å². The summed E-state index contributed by atoms with van der Waals surface area (Å²) in [5.41, 5.74) is 1.80. The third-order valence-corrected chi connectivity index (χ3v) is 6.22.